The van der Waals surface area contributed by atoms with Crippen LogP contribution in [0.25, 0.3) is 33.3 Å². The van der Waals surface area contributed by atoms with Crippen LogP contribution >= 0.6 is 24.0 Å². The molecule has 0 bridgehead atoms. The minimum atomic E-state index is 0. The average Bonchev–Trinajstić information content (AvgIpc) is 2.62. The summed E-state index contributed by atoms with van der Waals surface area (Å²) in [5.41, 5.74) is 4.43. The van der Waals surface area contributed by atoms with Crippen molar-refractivity contribution in [3.63, 3.8) is 0 Å². The first-order valence-corrected chi connectivity index (χ1v) is 8.04. The van der Waals surface area contributed by atoms with Crippen LogP contribution in [0.15, 0.2) is 78.9 Å². The van der Waals surface area contributed by atoms with Gasteiger partial charge in [-0.15, -0.1) is 12.4 Å². The molecular weight excluding hydrogens is 353 g/mol. The number of aromatic hydroxyl groups is 1. The highest BCUT2D eigenvalue weighted by atomic mass is 35.5. The van der Waals surface area contributed by atoms with Crippen molar-refractivity contribution in [1.29, 1.82) is 0 Å². The summed E-state index contributed by atoms with van der Waals surface area (Å²) in [5.74, 6) is 0.220. The summed E-state index contributed by atoms with van der Waals surface area (Å²) in [7, 11) is 0. The Morgan fingerprint density at radius 1 is 0.760 bits per heavy atom. The topological polar surface area (TPSA) is 33.1 Å². The molecule has 0 spiro atoms. The summed E-state index contributed by atoms with van der Waals surface area (Å²) in [6.45, 7) is 0. The third-order valence-electron chi connectivity index (χ3n) is 4.04. The molecule has 0 saturated heterocycles. The molecule has 0 unspecified atom stereocenters. The van der Waals surface area contributed by atoms with Gasteiger partial charge in [-0.3, -0.25) is 0 Å². The summed E-state index contributed by atoms with van der Waals surface area (Å²) in [4.78, 5) is 4.71. The van der Waals surface area contributed by atoms with Crippen LogP contribution in [-0.2, 0) is 0 Å². The molecule has 0 aliphatic carbocycles. The van der Waals surface area contributed by atoms with E-state index in [1.807, 2.05) is 54.6 Å². The van der Waals surface area contributed by atoms with E-state index in [2.05, 4.69) is 12.1 Å². The highest BCUT2D eigenvalue weighted by Crippen LogP contribution is 2.35. The standard InChI is InChI=1S/C21H14ClNO.ClH/c22-15-10-11-19-18(12-15)17(14-6-2-1-3-7-14)13-20(23-19)16-8-4-5-9-21(16)24;/h1-13,24H;1H. The summed E-state index contributed by atoms with van der Waals surface area (Å²) in [5, 5.41) is 11.9. The van der Waals surface area contributed by atoms with Gasteiger partial charge in [-0.25, -0.2) is 4.98 Å². The smallest absolute Gasteiger partial charge is 0.124 e. The van der Waals surface area contributed by atoms with Crippen LogP contribution in [0.5, 0.6) is 5.75 Å². The fourth-order valence-corrected chi connectivity index (χ4v) is 3.05. The number of phenolic OH excluding ortho intramolecular Hbond substituents is 1. The van der Waals surface area contributed by atoms with Crippen molar-refractivity contribution in [2.24, 2.45) is 0 Å². The lowest BCUT2D eigenvalue weighted by Gasteiger charge is -2.11. The molecule has 0 saturated carbocycles. The Hall–Kier alpha value is -2.55. The minimum Gasteiger partial charge on any atom is -0.507 e. The molecular formula is C21H15Cl2NO. The maximum Gasteiger partial charge on any atom is 0.124 e. The maximum atomic E-state index is 10.2. The Labute approximate surface area is 157 Å². The largest absolute Gasteiger partial charge is 0.507 e. The molecule has 4 heteroatoms. The SMILES string of the molecule is Cl.Oc1ccccc1-c1cc(-c2ccccc2)c2cc(Cl)ccc2n1. The Bertz CT molecular complexity index is 1030. The van der Waals surface area contributed by atoms with Crippen molar-refractivity contribution in [3.8, 4) is 28.1 Å². The number of pyridine rings is 1. The number of benzene rings is 3. The van der Waals surface area contributed by atoms with Gasteiger partial charge in [0, 0.05) is 16.0 Å². The molecule has 3 aromatic carbocycles. The molecule has 1 heterocycles. The molecule has 124 valence electrons. The quantitative estimate of drug-likeness (QED) is 0.447. The van der Waals surface area contributed by atoms with Gasteiger partial charge in [-0.2, -0.15) is 0 Å². The molecule has 1 N–H and O–H groups in total. The minimum absolute atomic E-state index is 0. The van der Waals surface area contributed by atoms with Gasteiger partial charge >= 0.3 is 0 Å². The number of nitrogens with zero attached hydrogens (tertiary/aromatic N) is 1. The number of halogens is 2. The maximum absolute atomic E-state index is 10.2. The van der Waals surface area contributed by atoms with E-state index in [1.165, 1.54) is 0 Å². The second kappa shape index (κ2) is 7.14. The second-order valence-corrected chi connectivity index (χ2v) is 6.04. The van der Waals surface area contributed by atoms with Gasteiger partial charge < -0.3 is 5.11 Å². The van der Waals surface area contributed by atoms with Gasteiger partial charge in [0.25, 0.3) is 0 Å². The molecule has 25 heavy (non-hydrogen) atoms. The molecule has 2 nitrogen and oxygen atoms in total. The van der Waals surface area contributed by atoms with Gasteiger partial charge in [0.15, 0.2) is 0 Å². The molecule has 0 aliphatic heterocycles. The van der Waals surface area contributed by atoms with Crippen LogP contribution in [0.3, 0.4) is 0 Å². The predicted octanol–water partition coefficient (Wildman–Crippen LogP) is 6.35. The second-order valence-electron chi connectivity index (χ2n) is 5.60. The molecule has 0 amide bonds. The zero-order valence-corrected chi connectivity index (χ0v) is 14.8. The zero-order valence-electron chi connectivity index (χ0n) is 13.2. The van der Waals surface area contributed by atoms with E-state index in [1.54, 1.807) is 12.1 Å². The van der Waals surface area contributed by atoms with E-state index < -0.39 is 0 Å². The van der Waals surface area contributed by atoms with Crippen LogP contribution in [0.2, 0.25) is 5.02 Å². The van der Waals surface area contributed by atoms with E-state index in [9.17, 15) is 5.11 Å². The van der Waals surface area contributed by atoms with Crippen molar-refractivity contribution in [1.82, 2.24) is 4.98 Å². The molecule has 0 atom stereocenters. The van der Waals surface area contributed by atoms with Crippen molar-refractivity contribution < 1.29 is 5.11 Å². The third kappa shape index (κ3) is 3.32. The lowest BCUT2D eigenvalue weighted by molar-refractivity contribution is 0.477. The van der Waals surface area contributed by atoms with Gasteiger partial charge in [0.2, 0.25) is 0 Å². The van der Waals surface area contributed by atoms with Crippen LogP contribution in [0.1, 0.15) is 0 Å². The van der Waals surface area contributed by atoms with Gasteiger partial charge in [0.05, 0.1) is 11.2 Å². The van der Waals surface area contributed by atoms with Crippen molar-refractivity contribution >= 4 is 34.9 Å². The van der Waals surface area contributed by atoms with Crippen molar-refractivity contribution in [3.05, 3.63) is 83.9 Å². The van der Waals surface area contributed by atoms with Gasteiger partial charge in [-0.1, -0.05) is 54.1 Å². The number of para-hydroxylation sites is 1. The number of rotatable bonds is 2. The first-order valence-electron chi connectivity index (χ1n) is 7.66. The zero-order chi connectivity index (χ0) is 16.5. The summed E-state index contributed by atoms with van der Waals surface area (Å²) >= 11 is 6.19. The van der Waals surface area contributed by atoms with Crippen molar-refractivity contribution in [2.45, 2.75) is 0 Å². The predicted molar refractivity (Wildman–Crippen MR) is 107 cm³/mol. The number of fused-ring (bicyclic) bond motifs is 1. The Morgan fingerprint density at radius 2 is 1.48 bits per heavy atom. The highest BCUT2D eigenvalue weighted by molar-refractivity contribution is 6.31. The summed E-state index contributed by atoms with van der Waals surface area (Å²) < 4.78 is 0. The van der Waals surface area contributed by atoms with Gasteiger partial charge in [-0.05, 0) is 47.5 Å². The summed E-state index contributed by atoms with van der Waals surface area (Å²) in [6, 6.07) is 25.0. The van der Waals surface area contributed by atoms with Crippen molar-refractivity contribution in [2.75, 3.05) is 0 Å². The normalized spacial score (nSPS) is 10.4. The molecule has 1 aromatic heterocycles. The van der Waals surface area contributed by atoms with Crippen LogP contribution in [0.4, 0.5) is 0 Å². The Balaban J connectivity index is 0.00000182. The molecule has 0 fully saturated rings. The van der Waals surface area contributed by atoms with Gasteiger partial charge in [0.1, 0.15) is 5.75 Å². The molecule has 4 rings (SSSR count). The van der Waals surface area contributed by atoms with Crippen LogP contribution in [-0.4, -0.2) is 10.1 Å². The third-order valence-corrected chi connectivity index (χ3v) is 4.27. The lowest BCUT2D eigenvalue weighted by atomic mass is 9.98. The first kappa shape index (κ1) is 17.3. The molecule has 4 aromatic rings. The number of aromatic nitrogens is 1. The number of hydrogen-bond acceptors (Lipinski definition) is 2. The lowest BCUT2D eigenvalue weighted by Crippen LogP contribution is -1.90. The monoisotopic (exact) mass is 367 g/mol. The fraction of sp³-hybridized carbons (Fsp3) is 0. The van der Waals surface area contributed by atoms with E-state index in [0.29, 0.717) is 10.6 Å². The van der Waals surface area contributed by atoms with E-state index in [0.717, 1.165) is 27.7 Å². The summed E-state index contributed by atoms with van der Waals surface area (Å²) in [6.07, 6.45) is 0. The molecule has 0 aliphatic rings. The first-order chi connectivity index (χ1) is 11.7. The number of phenols is 1. The number of hydrogen-bond donors (Lipinski definition) is 1. The highest BCUT2D eigenvalue weighted by Gasteiger charge is 2.12. The Morgan fingerprint density at radius 3 is 2.24 bits per heavy atom. The fourth-order valence-electron chi connectivity index (χ4n) is 2.88. The van der Waals surface area contributed by atoms with E-state index in [-0.39, 0.29) is 18.2 Å². The van der Waals surface area contributed by atoms with Crippen LogP contribution in [0, 0.1) is 0 Å². The van der Waals surface area contributed by atoms with Crippen LogP contribution < -0.4 is 0 Å². The Kier molecular flexibility index (Phi) is 4.93. The van der Waals surface area contributed by atoms with E-state index in [4.69, 9.17) is 16.6 Å². The van der Waals surface area contributed by atoms with E-state index >= 15 is 0 Å². The average molecular weight is 368 g/mol. The molecule has 0 radical (unpaired) electrons.